The van der Waals surface area contributed by atoms with E-state index in [1.807, 2.05) is 0 Å². The van der Waals surface area contributed by atoms with Crippen molar-refractivity contribution in [3.8, 4) is 0 Å². The molecule has 3 fully saturated rings. The van der Waals surface area contributed by atoms with Gasteiger partial charge in [0.1, 0.15) is 12.6 Å². The number of ether oxygens (including phenoxy) is 1. The lowest BCUT2D eigenvalue weighted by Crippen LogP contribution is -2.41. The molecule has 2 amide bonds. The van der Waals surface area contributed by atoms with Crippen LogP contribution >= 0.6 is 0 Å². The van der Waals surface area contributed by atoms with E-state index in [4.69, 9.17) is 19.4 Å². The Labute approximate surface area is 149 Å². The van der Waals surface area contributed by atoms with Gasteiger partial charge in [-0.15, -0.1) is 14.5 Å². The van der Waals surface area contributed by atoms with Gasteiger partial charge >= 0.3 is 16.4 Å². The number of urea groups is 1. The van der Waals surface area contributed by atoms with Crippen molar-refractivity contribution < 1.29 is 31.2 Å². The van der Waals surface area contributed by atoms with Crippen LogP contribution in [0.25, 0.3) is 0 Å². The lowest BCUT2D eigenvalue weighted by molar-refractivity contribution is -0.0318. The van der Waals surface area contributed by atoms with Gasteiger partial charge in [0.2, 0.25) is 11.8 Å². The number of hydrogen-bond donors (Lipinski definition) is 2. The second kappa shape index (κ2) is 6.42. The molecule has 0 radical (unpaired) electrons. The third kappa shape index (κ3) is 3.40. The van der Waals surface area contributed by atoms with Crippen molar-refractivity contribution in [3.05, 3.63) is 11.8 Å². The molecule has 2 saturated heterocycles. The molecule has 2 atom stereocenters. The zero-order valence-corrected chi connectivity index (χ0v) is 14.5. The molecule has 1 aromatic heterocycles. The van der Waals surface area contributed by atoms with E-state index in [0.29, 0.717) is 23.8 Å². The van der Waals surface area contributed by atoms with Crippen LogP contribution in [0.5, 0.6) is 0 Å². The van der Waals surface area contributed by atoms with E-state index in [1.54, 1.807) is 0 Å². The van der Waals surface area contributed by atoms with Gasteiger partial charge in [-0.05, 0) is 25.7 Å². The minimum absolute atomic E-state index is 0.0992. The molecule has 1 aliphatic carbocycles. The predicted octanol–water partition coefficient (Wildman–Crippen LogP) is -0.249. The molecule has 3 aliphatic rings. The highest BCUT2D eigenvalue weighted by Gasteiger charge is 2.49. The summed E-state index contributed by atoms with van der Waals surface area (Å²) in [6, 6.07) is -1.43. The number of rotatable bonds is 6. The highest BCUT2D eigenvalue weighted by atomic mass is 32.3. The van der Waals surface area contributed by atoms with Crippen LogP contribution in [0.15, 0.2) is 4.42 Å². The summed E-state index contributed by atoms with van der Waals surface area (Å²) in [5, 5.41) is 8.60. The monoisotopic (exact) mass is 389 g/mol. The summed E-state index contributed by atoms with van der Waals surface area (Å²) in [7, 11) is -4.77. The summed E-state index contributed by atoms with van der Waals surface area (Å²) in [6.45, 7) is 0.416. The molecule has 2 bridgehead atoms. The fourth-order valence-corrected chi connectivity index (χ4v) is 3.87. The van der Waals surface area contributed by atoms with E-state index in [1.165, 1.54) is 4.90 Å². The van der Waals surface area contributed by atoms with Crippen LogP contribution in [0.1, 0.15) is 43.5 Å². The molecule has 4 rings (SSSR count). The van der Waals surface area contributed by atoms with Gasteiger partial charge in [0.15, 0.2) is 0 Å². The number of carbonyl (C=O) groups excluding carboxylic acids is 1. The summed E-state index contributed by atoms with van der Waals surface area (Å²) in [5.74, 6) is 0.565. The van der Waals surface area contributed by atoms with Crippen molar-refractivity contribution in [2.24, 2.45) is 5.73 Å². The number of fused-ring (bicyclic) bond motifs is 2. The summed E-state index contributed by atoms with van der Waals surface area (Å²) < 4.78 is 46.2. The Kier molecular flexibility index (Phi) is 4.35. The predicted molar refractivity (Wildman–Crippen MR) is 82.4 cm³/mol. The number of amides is 2. The molecular weight excluding hydrogens is 370 g/mol. The van der Waals surface area contributed by atoms with Crippen molar-refractivity contribution in [2.75, 3.05) is 6.54 Å². The van der Waals surface area contributed by atoms with Crippen LogP contribution in [0, 0.1) is 0 Å². The summed E-state index contributed by atoms with van der Waals surface area (Å²) >= 11 is 0. The fraction of sp³-hybridized carbons (Fsp3) is 0.769. The fourth-order valence-electron chi connectivity index (χ4n) is 3.48. The number of carbonyl (C=O) groups is 1. The van der Waals surface area contributed by atoms with E-state index in [-0.39, 0.29) is 31.2 Å². The maximum absolute atomic E-state index is 12.4. The van der Waals surface area contributed by atoms with Gasteiger partial charge < -0.3 is 19.8 Å². The molecule has 2 aliphatic heterocycles. The minimum Gasteiger partial charge on any atom is -0.420 e. The first kappa shape index (κ1) is 17.6. The Hall–Kier alpha value is -1.80. The van der Waals surface area contributed by atoms with Gasteiger partial charge in [0.25, 0.3) is 0 Å². The van der Waals surface area contributed by atoms with Crippen molar-refractivity contribution in [2.45, 2.75) is 56.5 Å². The maximum atomic E-state index is 12.4. The van der Waals surface area contributed by atoms with Crippen molar-refractivity contribution in [1.29, 1.82) is 0 Å². The molecule has 12 nitrogen and oxygen atoms in total. The van der Waals surface area contributed by atoms with Crippen LogP contribution in [0.2, 0.25) is 0 Å². The Balaban J connectivity index is 1.40. The van der Waals surface area contributed by atoms with E-state index < -0.39 is 28.5 Å². The van der Waals surface area contributed by atoms with Crippen LogP contribution in [-0.4, -0.2) is 63.9 Å². The lowest BCUT2D eigenvalue weighted by atomic mass is 9.90. The SMILES string of the molecule is NC1CC(OCc2nnc([C@@H]3CC[C@@H]4CN3C(=O)N4OS(=O)(=O)O)o2)C1. The molecular formula is C13H19N5O7S. The second-order valence-corrected chi connectivity index (χ2v) is 7.71. The average molecular weight is 389 g/mol. The standard InChI is InChI=1S/C13H19N5O7S/c14-7-3-9(4-7)23-6-11-15-16-12(24-11)10-2-1-8-5-17(10)13(19)18(8)25-26(20,21)22/h7-10H,1-6,14H2,(H,20,21,22)/t7?,8-,9?,10+/m1/s1. The number of nitrogens with two attached hydrogens (primary N) is 1. The van der Waals surface area contributed by atoms with Gasteiger partial charge in [-0.3, -0.25) is 4.55 Å². The van der Waals surface area contributed by atoms with Gasteiger partial charge in [0, 0.05) is 12.6 Å². The minimum atomic E-state index is -4.77. The molecule has 1 aromatic rings. The number of piperidine rings is 1. The first-order valence-corrected chi connectivity index (χ1v) is 9.63. The number of nitrogens with zero attached hydrogens (tertiary/aromatic N) is 4. The first-order chi connectivity index (χ1) is 12.3. The van der Waals surface area contributed by atoms with E-state index in [2.05, 4.69) is 14.5 Å². The third-order valence-corrected chi connectivity index (χ3v) is 5.19. The van der Waals surface area contributed by atoms with E-state index >= 15 is 0 Å². The zero-order valence-electron chi connectivity index (χ0n) is 13.7. The summed E-state index contributed by atoms with van der Waals surface area (Å²) in [4.78, 5) is 13.8. The normalized spacial score (nSPS) is 31.4. The number of hydroxylamine groups is 2. The zero-order chi connectivity index (χ0) is 18.5. The van der Waals surface area contributed by atoms with Crippen LogP contribution < -0.4 is 5.73 Å². The average Bonchev–Trinajstić information content (AvgIpc) is 3.10. The molecule has 1 saturated carbocycles. The number of hydrogen-bond acceptors (Lipinski definition) is 9. The van der Waals surface area contributed by atoms with Crippen LogP contribution in [0.3, 0.4) is 0 Å². The summed E-state index contributed by atoms with van der Waals surface area (Å²) in [6.07, 6.45) is 2.67. The molecule has 26 heavy (non-hydrogen) atoms. The molecule has 0 spiro atoms. The highest BCUT2D eigenvalue weighted by molar-refractivity contribution is 7.80. The largest absolute Gasteiger partial charge is 0.420 e. The lowest BCUT2D eigenvalue weighted by Gasteiger charge is -2.31. The molecule has 144 valence electrons. The molecule has 0 aromatic carbocycles. The smallest absolute Gasteiger partial charge is 0.418 e. The van der Waals surface area contributed by atoms with E-state index in [0.717, 1.165) is 12.8 Å². The van der Waals surface area contributed by atoms with Crippen molar-refractivity contribution >= 4 is 16.4 Å². The van der Waals surface area contributed by atoms with E-state index in [9.17, 15) is 13.2 Å². The number of aromatic nitrogens is 2. The first-order valence-electron chi connectivity index (χ1n) is 8.26. The van der Waals surface area contributed by atoms with Gasteiger partial charge in [-0.2, -0.15) is 13.5 Å². The molecule has 0 unspecified atom stereocenters. The van der Waals surface area contributed by atoms with Crippen molar-refractivity contribution in [1.82, 2.24) is 20.2 Å². The highest BCUT2D eigenvalue weighted by Crippen LogP contribution is 2.38. The topological polar surface area (TPSA) is 161 Å². The maximum Gasteiger partial charge on any atom is 0.418 e. The Morgan fingerprint density at radius 1 is 1.31 bits per heavy atom. The van der Waals surface area contributed by atoms with Crippen LogP contribution in [-0.2, 0) is 26.0 Å². The Morgan fingerprint density at radius 2 is 2.08 bits per heavy atom. The van der Waals surface area contributed by atoms with Crippen LogP contribution in [0.4, 0.5) is 4.79 Å². The third-order valence-electron chi connectivity index (χ3n) is 4.84. The molecule has 3 N–H and O–H groups in total. The quantitative estimate of drug-likeness (QED) is 0.621. The van der Waals surface area contributed by atoms with Crippen molar-refractivity contribution in [3.63, 3.8) is 0 Å². The second-order valence-electron chi connectivity index (χ2n) is 6.71. The Bertz CT molecular complexity index is 793. The molecule has 13 heteroatoms. The Morgan fingerprint density at radius 3 is 2.77 bits per heavy atom. The molecule has 3 heterocycles. The van der Waals surface area contributed by atoms with Gasteiger partial charge in [-0.1, -0.05) is 0 Å². The van der Waals surface area contributed by atoms with Gasteiger partial charge in [0.05, 0.1) is 12.1 Å². The van der Waals surface area contributed by atoms with Gasteiger partial charge in [-0.25, -0.2) is 4.79 Å². The summed E-state index contributed by atoms with van der Waals surface area (Å²) in [5.41, 5.74) is 5.70.